The molecule has 0 amide bonds. The van der Waals surface area contributed by atoms with Gasteiger partial charge in [0.15, 0.2) is 0 Å². The van der Waals surface area contributed by atoms with Crippen molar-refractivity contribution in [2.45, 2.75) is 26.7 Å². The zero-order valence-corrected chi connectivity index (χ0v) is 7.00. The van der Waals surface area contributed by atoms with E-state index in [9.17, 15) is 0 Å². The molecule has 0 heterocycles. The molecular formula is C6H17ClN2. The fourth-order valence-corrected chi connectivity index (χ4v) is 0.534. The van der Waals surface area contributed by atoms with Crippen molar-refractivity contribution in [1.29, 1.82) is 0 Å². The van der Waals surface area contributed by atoms with E-state index in [2.05, 4.69) is 19.3 Å². The Balaban J connectivity index is 0. The van der Waals surface area contributed by atoms with Gasteiger partial charge >= 0.3 is 0 Å². The maximum atomic E-state index is 5.08. The van der Waals surface area contributed by atoms with Gasteiger partial charge in [-0.3, -0.25) is 11.3 Å². The van der Waals surface area contributed by atoms with E-state index in [1.165, 1.54) is 12.8 Å². The SMILES string of the molecule is CC[C@H](C)CCNN.Cl. The lowest BCUT2D eigenvalue weighted by Crippen LogP contribution is -2.24. The molecule has 3 N–H and O–H groups in total. The maximum Gasteiger partial charge on any atom is 0.00999 e. The quantitative estimate of drug-likeness (QED) is 0.471. The smallest absolute Gasteiger partial charge is 0.00999 e. The summed E-state index contributed by atoms with van der Waals surface area (Å²) in [4.78, 5) is 0. The molecule has 0 fully saturated rings. The molecule has 0 aliphatic heterocycles. The van der Waals surface area contributed by atoms with Crippen molar-refractivity contribution in [2.24, 2.45) is 11.8 Å². The number of rotatable bonds is 4. The highest BCUT2D eigenvalue weighted by atomic mass is 35.5. The van der Waals surface area contributed by atoms with E-state index in [0.29, 0.717) is 0 Å². The molecular weight excluding hydrogens is 136 g/mol. The first-order valence-corrected chi connectivity index (χ1v) is 3.24. The van der Waals surface area contributed by atoms with Gasteiger partial charge in [-0.25, -0.2) is 0 Å². The third kappa shape index (κ3) is 8.21. The molecule has 9 heavy (non-hydrogen) atoms. The predicted octanol–water partition coefficient (Wildman–Crippen LogP) is 1.31. The largest absolute Gasteiger partial charge is 0.271 e. The Morgan fingerprint density at radius 1 is 1.56 bits per heavy atom. The number of hydrazine groups is 1. The number of hydrogen-bond acceptors (Lipinski definition) is 2. The first-order valence-electron chi connectivity index (χ1n) is 3.24. The normalized spacial score (nSPS) is 12.3. The molecule has 0 rings (SSSR count). The summed E-state index contributed by atoms with van der Waals surface area (Å²) in [7, 11) is 0. The van der Waals surface area contributed by atoms with Gasteiger partial charge in [-0.1, -0.05) is 20.3 Å². The van der Waals surface area contributed by atoms with Gasteiger partial charge in [0.1, 0.15) is 0 Å². The van der Waals surface area contributed by atoms with Crippen LogP contribution in [0.1, 0.15) is 26.7 Å². The Kier molecular flexibility index (Phi) is 10.9. The lowest BCUT2D eigenvalue weighted by Gasteiger charge is -2.05. The Bertz CT molecular complexity index is 50.3. The summed E-state index contributed by atoms with van der Waals surface area (Å²) < 4.78 is 0. The van der Waals surface area contributed by atoms with Gasteiger partial charge < -0.3 is 0 Å². The highest BCUT2D eigenvalue weighted by molar-refractivity contribution is 5.85. The number of nitrogens with two attached hydrogens (primary N) is 1. The van der Waals surface area contributed by atoms with Crippen molar-refractivity contribution < 1.29 is 0 Å². The summed E-state index contributed by atoms with van der Waals surface area (Å²) in [6, 6.07) is 0. The molecule has 0 bridgehead atoms. The van der Waals surface area contributed by atoms with Crippen LogP contribution in [0.15, 0.2) is 0 Å². The molecule has 0 aromatic rings. The molecule has 0 aliphatic rings. The average Bonchev–Trinajstić information content (AvgIpc) is 1.83. The second-order valence-electron chi connectivity index (χ2n) is 2.26. The van der Waals surface area contributed by atoms with Crippen molar-refractivity contribution in [3.63, 3.8) is 0 Å². The monoisotopic (exact) mass is 152 g/mol. The summed E-state index contributed by atoms with van der Waals surface area (Å²) in [5, 5.41) is 0. The highest BCUT2D eigenvalue weighted by Gasteiger charge is 1.94. The summed E-state index contributed by atoms with van der Waals surface area (Å²) in [5.41, 5.74) is 2.63. The van der Waals surface area contributed by atoms with Gasteiger partial charge in [0, 0.05) is 6.54 Å². The topological polar surface area (TPSA) is 38.0 Å². The van der Waals surface area contributed by atoms with Crippen molar-refractivity contribution in [3.05, 3.63) is 0 Å². The minimum absolute atomic E-state index is 0. The van der Waals surface area contributed by atoms with E-state index in [1.807, 2.05) is 0 Å². The Morgan fingerprint density at radius 3 is 2.44 bits per heavy atom. The maximum absolute atomic E-state index is 5.08. The van der Waals surface area contributed by atoms with Crippen molar-refractivity contribution in [2.75, 3.05) is 6.54 Å². The molecule has 0 saturated heterocycles. The van der Waals surface area contributed by atoms with Crippen LogP contribution in [0.3, 0.4) is 0 Å². The van der Waals surface area contributed by atoms with Crippen LogP contribution in [0, 0.1) is 5.92 Å². The fraction of sp³-hybridized carbons (Fsp3) is 1.00. The van der Waals surface area contributed by atoms with E-state index in [-0.39, 0.29) is 12.4 Å². The zero-order valence-electron chi connectivity index (χ0n) is 6.18. The summed E-state index contributed by atoms with van der Waals surface area (Å²) in [6.45, 7) is 5.37. The molecule has 0 unspecified atom stereocenters. The first kappa shape index (κ1) is 11.9. The van der Waals surface area contributed by atoms with Crippen LogP contribution in [0.25, 0.3) is 0 Å². The van der Waals surface area contributed by atoms with Gasteiger partial charge in [0.2, 0.25) is 0 Å². The third-order valence-electron chi connectivity index (χ3n) is 1.48. The van der Waals surface area contributed by atoms with Crippen LogP contribution in [0.5, 0.6) is 0 Å². The standard InChI is InChI=1S/C6H16N2.ClH/c1-3-6(2)4-5-8-7;/h6,8H,3-5,7H2,1-2H3;1H/t6-;/m0./s1. The Morgan fingerprint density at radius 2 is 2.11 bits per heavy atom. The van der Waals surface area contributed by atoms with E-state index >= 15 is 0 Å². The lowest BCUT2D eigenvalue weighted by atomic mass is 10.1. The average molecular weight is 153 g/mol. The van der Waals surface area contributed by atoms with Gasteiger partial charge in [-0.2, -0.15) is 0 Å². The number of nitrogens with one attached hydrogen (secondary N) is 1. The Hall–Kier alpha value is 0.210. The summed E-state index contributed by atoms with van der Waals surface area (Å²) >= 11 is 0. The summed E-state index contributed by atoms with van der Waals surface area (Å²) in [6.07, 6.45) is 2.44. The third-order valence-corrected chi connectivity index (χ3v) is 1.48. The minimum Gasteiger partial charge on any atom is -0.271 e. The first-order chi connectivity index (χ1) is 3.81. The number of hydrogen-bond donors (Lipinski definition) is 2. The fourth-order valence-electron chi connectivity index (χ4n) is 0.534. The van der Waals surface area contributed by atoms with E-state index in [0.717, 1.165) is 12.5 Å². The van der Waals surface area contributed by atoms with Crippen LogP contribution < -0.4 is 11.3 Å². The van der Waals surface area contributed by atoms with E-state index < -0.39 is 0 Å². The van der Waals surface area contributed by atoms with E-state index in [4.69, 9.17) is 5.84 Å². The molecule has 1 atom stereocenters. The minimum atomic E-state index is 0. The predicted molar refractivity (Wildman–Crippen MR) is 43.5 cm³/mol. The van der Waals surface area contributed by atoms with Crippen molar-refractivity contribution in [3.8, 4) is 0 Å². The van der Waals surface area contributed by atoms with Crippen LogP contribution in [0.4, 0.5) is 0 Å². The Labute approximate surface area is 63.6 Å². The van der Waals surface area contributed by atoms with Crippen molar-refractivity contribution in [1.82, 2.24) is 5.43 Å². The molecule has 58 valence electrons. The molecule has 0 aromatic heterocycles. The summed E-state index contributed by atoms with van der Waals surface area (Å²) in [5.74, 6) is 5.89. The molecule has 0 spiro atoms. The van der Waals surface area contributed by atoms with Gasteiger partial charge in [-0.05, 0) is 12.3 Å². The molecule has 0 aliphatic carbocycles. The molecule has 0 aromatic carbocycles. The second-order valence-corrected chi connectivity index (χ2v) is 2.26. The molecule has 2 nitrogen and oxygen atoms in total. The second kappa shape index (κ2) is 8.21. The van der Waals surface area contributed by atoms with Gasteiger partial charge in [0.25, 0.3) is 0 Å². The molecule has 0 radical (unpaired) electrons. The van der Waals surface area contributed by atoms with Crippen LogP contribution >= 0.6 is 12.4 Å². The molecule has 3 heteroatoms. The number of halogens is 1. The van der Waals surface area contributed by atoms with Gasteiger partial charge in [-0.15, -0.1) is 12.4 Å². The highest BCUT2D eigenvalue weighted by Crippen LogP contribution is 2.03. The van der Waals surface area contributed by atoms with Crippen LogP contribution in [0.2, 0.25) is 0 Å². The van der Waals surface area contributed by atoms with Gasteiger partial charge in [0.05, 0.1) is 0 Å². The van der Waals surface area contributed by atoms with Crippen LogP contribution in [-0.4, -0.2) is 6.54 Å². The zero-order chi connectivity index (χ0) is 6.41. The lowest BCUT2D eigenvalue weighted by molar-refractivity contribution is 0.493. The van der Waals surface area contributed by atoms with E-state index in [1.54, 1.807) is 0 Å². The van der Waals surface area contributed by atoms with Crippen LogP contribution in [-0.2, 0) is 0 Å². The van der Waals surface area contributed by atoms with Crippen molar-refractivity contribution >= 4 is 12.4 Å². The molecule has 0 saturated carbocycles.